The number of carboxylic acid groups (broad SMARTS) is 1. The highest BCUT2D eigenvalue weighted by Gasteiger charge is 2.19. The lowest BCUT2D eigenvalue weighted by Gasteiger charge is -2.19. The van der Waals surface area contributed by atoms with E-state index in [4.69, 9.17) is 10.4 Å². The van der Waals surface area contributed by atoms with Gasteiger partial charge in [0.2, 0.25) is 0 Å². The second kappa shape index (κ2) is 11.5. The van der Waals surface area contributed by atoms with Crippen molar-refractivity contribution in [2.45, 2.75) is 12.5 Å². The standard InChI is InChI=1S/C15H21N3O3S/c1-4-7-18(8-5-2)14(19)12(10-16)11-17-13(15(20)21)6-9-22-3/h4-5,11,13,17H,1-2,6-9H2,3H3,(H,20,21)/b12-11-. The molecule has 0 fully saturated rings. The number of amides is 1. The Morgan fingerprint density at radius 1 is 1.41 bits per heavy atom. The molecule has 0 saturated heterocycles. The van der Waals surface area contributed by atoms with Crippen LogP contribution < -0.4 is 5.32 Å². The molecule has 0 heterocycles. The Hall–Kier alpha value is -2.20. The van der Waals surface area contributed by atoms with E-state index in [0.29, 0.717) is 12.2 Å². The minimum atomic E-state index is -1.02. The minimum Gasteiger partial charge on any atom is -0.480 e. The molecular formula is C15H21N3O3S. The summed E-state index contributed by atoms with van der Waals surface area (Å²) in [6.07, 6.45) is 6.52. The van der Waals surface area contributed by atoms with Gasteiger partial charge in [0, 0.05) is 19.3 Å². The van der Waals surface area contributed by atoms with Crippen molar-refractivity contribution in [1.29, 1.82) is 5.26 Å². The highest BCUT2D eigenvalue weighted by molar-refractivity contribution is 7.98. The average Bonchev–Trinajstić information content (AvgIpc) is 2.49. The Bertz CT molecular complexity index is 473. The molecule has 22 heavy (non-hydrogen) atoms. The molecule has 6 nitrogen and oxygen atoms in total. The molecule has 7 heteroatoms. The quantitative estimate of drug-likeness (QED) is 0.339. The van der Waals surface area contributed by atoms with Crippen molar-refractivity contribution >= 4 is 23.6 Å². The molecular weight excluding hydrogens is 302 g/mol. The minimum absolute atomic E-state index is 0.154. The topological polar surface area (TPSA) is 93.4 Å². The van der Waals surface area contributed by atoms with Gasteiger partial charge in [-0.2, -0.15) is 17.0 Å². The number of carboxylic acids is 1. The molecule has 1 unspecified atom stereocenters. The van der Waals surface area contributed by atoms with Gasteiger partial charge in [-0.3, -0.25) is 4.79 Å². The van der Waals surface area contributed by atoms with Gasteiger partial charge < -0.3 is 15.3 Å². The van der Waals surface area contributed by atoms with Gasteiger partial charge in [-0.1, -0.05) is 12.2 Å². The van der Waals surface area contributed by atoms with Crippen molar-refractivity contribution in [3.05, 3.63) is 37.1 Å². The van der Waals surface area contributed by atoms with E-state index in [1.54, 1.807) is 18.2 Å². The molecule has 0 spiro atoms. The van der Waals surface area contributed by atoms with Crippen LogP contribution in [0.15, 0.2) is 37.1 Å². The van der Waals surface area contributed by atoms with E-state index in [1.807, 2.05) is 6.26 Å². The predicted molar refractivity (Wildman–Crippen MR) is 88.2 cm³/mol. The lowest BCUT2D eigenvalue weighted by Crippen LogP contribution is -2.36. The Morgan fingerprint density at radius 3 is 2.41 bits per heavy atom. The summed E-state index contributed by atoms with van der Waals surface area (Å²) < 4.78 is 0. The van der Waals surface area contributed by atoms with Gasteiger partial charge in [0.15, 0.2) is 0 Å². The number of nitriles is 1. The van der Waals surface area contributed by atoms with Gasteiger partial charge in [0.05, 0.1) is 0 Å². The number of rotatable bonds is 11. The maximum atomic E-state index is 12.2. The van der Waals surface area contributed by atoms with Crippen LogP contribution in [0.25, 0.3) is 0 Å². The molecule has 0 saturated carbocycles. The summed E-state index contributed by atoms with van der Waals surface area (Å²) in [5.41, 5.74) is -0.154. The van der Waals surface area contributed by atoms with E-state index in [1.165, 1.54) is 22.9 Å². The molecule has 0 aliphatic heterocycles. The van der Waals surface area contributed by atoms with Crippen molar-refractivity contribution in [2.24, 2.45) is 0 Å². The van der Waals surface area contributed by atoms with E-state index in [2.05, 4.69) is 18.5 Å². The molecule has 0 bridgehead atoms. The number of carbonyl (C=O) groups is 2. The molecule has 1 atom stereocenters. The zero-order valence-electron chi connectivity index (χ0n) is 12.6. The summed E-state index contributed by atoms with van der Waals surface area (Å²) in [6.45, 7) is 7.66. The van der Waals surface area contributed by atoms with E-state index >= 15 is 0 Å². The third kappa shape index (κ3) is 6.99. The first-order chi connectivity index (χ1) is 10.5. The van der Waals surface area contributed by atoms with Crippen LogP contribution in [0.1, 0.15) is 6.42 Å². The first-order valence-corrected chi connectivity index (χ1v) is 8.00. The van der Waals surface area contributed by atoms with Crippen molar-refractivity contribution in [3.63, 3.8) is 0 Å². The van der Waals surface area contributed by atoms with Gasteiger partial charge in [-0.05, 0) is 18.4 Å². The molecule has 0 aromatic rings. The number of carbonyl (C=O) groups excluding carboxylic acids is 1. The SMILES string of the molecule is C=CCN(CC=C)C(=O)/C(C#N)=C\NC(CCSC)C(=O)O. The number of thioether (sulfide) groups is 1. The number of aliphatic carboxylic acids is 1. The summed E-state index contributed by atoms with van der Waals surface area (Å²) in [4.78, 5) is 24.7. The van der Waals surface area contributed by atoms with Gasteiger partial charge in [0.25, 0.3) is 5.91 Å². The van der Waals surface area contributed by atoms with Crippen LogP contribution in [-0.4, -0.2) is 53.0 Å². The fourth-order valence-electron chi connectivity index (χ4n) is 1.56. The molecule has 1 amide bonds. The highest BCUT2D eigenvalue weighted by atomic mass is 32.2. The average molecular weight is 323 g/mol. The Labute approximate surface area is 135 Å². The van der Waals surface area contributed by atoms with Crippen LogP contribution in [0, 0.1) is 11.3 Å². The van der Waals surface area contributed by atoms with E-state index in [0.717, 1.165) is 0 Å². The van der Waals surface area contributed by atoms with Gasteiger partial charge >= 0.3 is 5.97 Å². The Kier molecular flexibility index (Phi) is 10.3. The third-order valence-electron chi connectivity index (χ3n) is 2.67. The van der Waals surface area contributed by atoms with Crippen LogP contribution >= 0.6 is 11.8 Å². The second-order valence-corrected chi connectivity index (χ2v) is 5.28. The monoisotopic (exact) mass is 323 g/mol. The molecule has 0 rings (SSSR count). The molecule has 2 N–H and O–H groups in total. The fraction of sp³-hybridized carbons (Fsp3) is 0.400. The van der Waals surface area contributed by atoms with Crippen LogP contribution in [-0.2, 0) is 9.59 Å². The highest BCUT2D eigenvalue weighted by Crippen LogP contribution is 2.04. The normalized spacial score (nSPS) is 11.9. The van der Waals surface area contributed by atoms with Crippen molar-refractivity contribution in [3.8, 4) is 6.07 Å². The zero-order chi connectivity index (χ0) is 17.0. The van der Waals surface area contributed by atoms with E-state index in [9.17, 15) is 9.59 Å². The number of nitrogens with one attached hydrogen (secondary N) is 1. The van der Waals surface area contributed by atoms with E-state index < -0.39 is 17.9 Å². The maximum absolute atomic E-state index is 12.2. The number of hydrogen-bond donors (Lipinski definition) is 2. The molecule has 0 aliphatic carbocycles. The first kappa shape index (κ1) is 19.8. The fourth-order valence-corrected chi connectivity index (χ4v) is 2.03. The molecule has 120 valence electrons. The second-order valence-electron chi connectivity index (χ2n) is 4.30. The summed E-state index contributed by atoms with van der Waals surface area (Å²) in [5.74, 6) is -0.861. The first-order valence-electron chi connectivity index (χ1n) is 6.60. The molecule has 0 aromatic heterocycles. The molecule has 0 aromatic carbocycles. The smallest absolute Gasteiger partial charge is 0.326 e. The van der Waals surface area contributed by atoms with Crippen molar-refractivity contribution in [2.75, 3.05) is 25.1 Å². The summed E-state index contributed by atoms with van der Waals surface area (Å²) in [7, 11) is 0. The van der Waals surface area contributed by atoms with Crippen LogP contribution in [0.2, 0.25) is 0 Å². The number of nitrogens with zero attached hydrogens (tertiary/aromatic N) is 2. The third-order valence-corrected chi connectivity index (χ3v) is 3.32. The summed E-state index contributed by atoms with van der Waals surface area (Å²) >= 11 is 1.53. The largest absolute Gasteiger partial charge is 0.480 e. The zero-order valence-corrected chi connectivity index (χ0v) is 13.4. The van der Waals surface area contributed by atoms with Crippen LogP contribution in [0.5, 0.6) is 0 Å². The summed E-state index contributed by atoms with van der Waals surface area (Å²) in [6, 6.07) is 0.953. The maximum Gasteiger partial charge on any atom is 0.326 e. The van der Waals surface area contributed by atoms with E-state index in [-0.39, 0.29) is 18.7 Å². The Morgan fingerprint density at radius 2 is 2.00 bits per heavy atom. The van der Waals surface area contributed by atoms with Gasteiger partial charge in [-0.25, -0.2) is 4.79 Å². The predicted octanol–water partition coefficient (Wildman–Crippen LogP) is 1.39. The van der Waals surface area contributed by atoms with Gasteiger partial charge in [-0.15, -0.1) is 13.2 Å². The van der Waals surface area contributed by atoms with Crippen molar-refractivity contribution in [1.82, 2.24) is 10.2 Å². The van der Waals surface area contributed by atoms with Crippen molar-refractivity contribution < 1.29 is 14.7 Å². The number of hydrogen-bond acceptors (Lipinski definition) is 5. The molecule has 0 radical (unpaired) electrons. The molecule has 0 aliphatic rings. The van der Waals surface area contributed by atoms with Crippen LogP contribution in [0.3, 0.4) is 0 Å². The van der Waals surface area contributed by atoms with Gasteiger partial charge in [0.1, 0.15) is 17.7 Å². The van der Waals surface area contributed by atoms with Crippen LogP contribution in [0.4, 0.5) is 0 Å². The lowest BCUT2D eigenvalue weighted by atomic mass is 10.2. The Balaban J connectivity index is 5.01. The summed E-state index contributed by atoms with van der Waals surface area (Å²) in [5, 5.41) is 20.8. The lowest BCUT2D eigenvalue weighted by molar-refractivity contribution is -0.139.